The predicted molar refractivity (Wildman–Crippen MR) is 67.7 cm³/mol. The van der Waals surface area contributed by atoms with Crippen LogP contribution >= 0.6 is 23.4 Å². The van der Waals surface area contributed by atoms with E-state index in [0.717, 1.165) is 11.8 Å². The van der Waals surface area contributed by atoms with Gasteiger partial charge in [0.25, 0.3) is 5.95 Å². The van der Waals surface area contributed by atoms with E-state index >= 15 is 0 Å². The van der Waals surface area contributed by atoms with Crippen molar-refractivity contribution < 1.29 is 0 Å². The summed E-state index contributed by atoms with van der Waals surface area (Å²) in [7, 11) is 1.58. The van der Waals surface area contributed by atoms with E-state index < -0.39 is 0 Å². The van der Waals surface area contributed by atoms with Crippen LogP contribution in [0.4, 0.5) is 0 Å². The van der Waals surface area contributed by atoms with Crippen molar-refractivity contribution in [3.63, 3.8) is 0 Å². The van der Waals surface area contributed by atoms with Crippen LogP contribution in [-0.4, -0.2) is 44.5 Å². The zero-order chi connectivity index (χ0) is 14.1. The Morgan fingerprint density at radius 1 is 1.35 bits per heavy atom. The Balaban J connectivity index is 1.98. The van der Waals surface area contributed by atoms with Crippen LogP contribution in [0.5, 0.6) is 0 Å². The maximum Gasteiger partial charge on any atom is 0.343 e. The van der Waals surface area contributed by atoms with E-state index in [-0.39, 0.29) is 22.1 Å². The Labute approximate surface area is 120 Å². The summed E-state index contributed by atoms with van der Waals surface area (Å²) in [5.74, 6) is 0.227. The minimum absolute atomic E-state index is 0.00790. The van der Waals surface area contributed by atoms with Crippen molar-refractivity contribution in [1.29, 1.82) is 0 Å². The van der Waals surface area contributed by atoms with Crippen LogP contribution in [-0.2, 0) is 7.05 Å². The van der Waals surface area contributed by atoms with Crippen LogP contribution in [0.2, 0.25) is 5.28 Å². The van der Waals surface area contributed by atoms with Crippen molar-refractivity contribution in [1.82, 2.24) is 44.5 Å². The summed E-state index contributed by atoms with van der Waals surface area (Å²) in [6, 6.07) is 0. The summed E-state index contributed by atoms with van der Waals surface area (Å²) in [6.45, 7) is 0. The average Bonchev–Trinajstić information content (AvgIpc) is 3.04. The number of hydrogen-bond donors (Lipinski definition) is 1. The molecule has 3 heterocycles. The van der Waals surface area contributed by atoms with Crippen LogP contribution < -0.4 is 5.69 Å². The summed E-state index contributed by atoms with van der Waals surface area (Å²) in [5.41, 5.74) is -0.329. The van der Waals surface area contributed by atoms with Gasteiger partial charge in [0, 0.05) is 7.05 Å². The minimum atomic E-state index is -0.329. The van der Waals surface area contributed by atoms with E-state index in [4.69, 9.17) is 11.6 Å². The zero-order valence-corrected chi connectivity index (χ0v) is 11.5. The highest BCUT2D eigenvalue weighted by molar-refractivity contribution is 7.99. The van der Waals surface area contributed by atoms with Gasteiger partial charge in [0.1, 0.15) is 12.7 Å². The first-order chi connectivity index (χ1) is 9.63. The largest absolute Gasteiger partial charge is 0.343 e. The summed E-state index contributed by atoms with van der Waals surface area (Å²) in [5, 5.41) is 10.8. The lowest BCUT2D eigenvalue weighted by atomic mass is 10.9. The molecule has 0 amide bonds. The lowest BCUT2D eigenvalue weighted by Crippen LogP contribution is -2.13. The second-order valence-corrected chi connectivity index (χ2v) is 4.77. The van der Waals surface area contributed by atoms with Gasteiger partial charge >= 0.3 is 5.69 Å². The zero-order valence-electron chi connectivity index (χ0n) is 9.93. The van der Waals surface area contributed by atoms with Crippen molar-refractivity contribution in [2.24, 2.45) is 7.05 Å². The Kier molecular flexibility index (Phi) is 3.20. The first kappa shape index (κ1) is 12.7. The summed E-state index contributed by atoms with van der Waals surface area (Å²) >= 11 is 6.92. The minimum Gasteiger partial charge on any atom is -0.273 e. The van der Waals surface area contributed by atoms with Crippen molar-refractivity contribution in [2.75, 3.05) is 0 Å². The van der Waals surface area contributed by atoms with Gasteiger partial charge in [0.15, 0.2) is 5.16 Å². The van der Waals surface area contributed by atoms with E-state index in [1.165, 1.54) is 21.9 Å². The van der Waals surface area contributed by atoms with Gasteiger partial charge < -0.3 is 0 Å². The molecule has 20 heavy (non-hydrogen) atoms. The fourth-order valence-electron chi connectivity index (χ4n) is 1.29. The quantitative estimate of drug-likeness (QED) is 0.698. The van der Waals surface area contributed by atoms with Crippen molar-refractivity contribution in [3.8, 4) is 5.95 Å². The van der Waals surface area contributed by atoms with E-state index in [1.807, 2.05) is 0 Å². The Bertz CT molecular complexity index is 795. The molecular weight excluding hydrogens is 306 g/mol. The molecule has 0 aliphatic heterocycles. The van der Waals surface area contributed by atoms with Gasteiger partial charge in [0.05, 0.1) is 0 Å². The van der Waals surface area contributed by atoms with Gasteiger partial charge in [-0.15, -0.1) is 5.10 Å². The first-order valence-corrected chi connectivity index (χ1v) is 6.39. The molecule has 10 nitrogen and oxygen atoms in total. The van der Waals surface area contributed by atoms with E-state index in [0.29, 0.717) is 5.16 Å². The SMILES string of the molecule is Cn1c(Sc2nc(Cl)nc(-n3cncn3)n2)n[nH]c1=O. The Morgan fingerprint density at radius 2 is 2.20 bits per heavy atom. The molecule has 0 saturated carbocycles. The van der Waals surface area contributed by atoms with Gasteiger partial charge in [-0.05, 0) is 23.4 Å². The highest BCUT2D eigenvalue weighted by Gasteiger charge is 2.12. The number of rotatable bonds is 3. The molecule has 0 atom stereocenters. The summed E-state index contributed by atoms with van der Waals surface area (Å²) in [4.78, 5) is 27.2. The smallest absolute Gasteiger partial charge is 0.273 e. The van der Waals surface area contributed by atoms with Crippen molar-refractivity contribution in [3.05, 3.63) is 28.4 Å². The Morgan fingerprint density at radius 3 is 2.85 bits per heavy atom. The molecule has 0 spiro atoms. The molecule has 0 bridgehead atoms. The van der Waals surface area contributed by atoms with Crippen molar-refractivity contribution in [2.45, 2.75) is 10.3 Å². The van der Waals surface area contributed by atoms with Crippen LogP contribution in [0, 0.1) is 0 Å². The number of halogens is 1. The standard InChI is InChI=1S/C8H6ClN9OS/c1-17-7(19)15-16-8(17)20-6-13-4(9)12-5(14-6)18-3-10-2-11-18/h2-3H,1H3,(H,15,19). The lowest BCUT2D eigenvalue weighted by Gasteiger charge is -2.02. The maximum atomic E-state index is 11.3. The van der Waals surface area contributed by atoms with Gasteiger partial charge in [-0.3, -0.25) is 4.57 Å². The number of nitrogens with zero attached hydrogens (tertiary/aromatic N) is 8. The van der Waals surface area contributed by atoms with E-state index in [9.17, 15) is 4.79 Å². The summed E-state index contributed by atoms with van der Waals surface area (Å²) < 4.78 is 2.68. The number of nitrogens with one attached hydrogen (secondary N) is 1. The highest BCUT2D eigenvalue weighted by Crippen LogP contribution is 2.22. The van der Waals surface area contributed by atoms with Crippen LogP contribution in [0.1, 0.15) is 0 Å². The monoisotopic (exact) mass is 311 g/mol. The maximum absolute atomic E-state index is 11.3. The third-order valence-electron chi connectivity index (χ3n) is 2.22. The van der Waals surface area contributed by atoms with Gasteiger partial charge in [-0.25, -0.2) is 14.9 Å². The van der Waals surface area contributed by atoms with Crippen molar-refractivity contribution >= 4 is 23.4 Å². The number of aromatic amines is 1. The van der Waals surface area contributed by atoms with Crippen LogP contribution in [0.15, 0.2) is 27.8 Å². The average molecular weight is 312 g/mol. The predicted octanol–water partition coefficient (Wildman–Crippen LogP) is -0.321. The molecule has 1 N–H and O–H groups in total. The molecule has 102 valence electrons. The Hall–Kier alpha value is -2.27. The van der Waals surface area contributed by atoms with Gasteiger partial charge in [-0.1, -0.05) is 0 Å². The normalized spacial score (nSPS) is 10.9. The molecular formula is C8H6ClN9OS. The van der Waals surface area contributed by atoms with Gasteiger partial charge in [-0.2, -0.15) is 24.7 Å². The fourth-order valence-corrected chi connectivity index (χ4v) is 2.23. The number of hydrogen-bond acceptors (Lipinski definition) is 8. The molecule has 0 aliphatic rings. The topological polar surface area (TPSA) is 120 Å². The van der Waals surface area contributed by atoms with E-state index in [2.05, 4.69) is 35.2 Å². The number of H-pyrrole nitrogens is 1. The molecule has 0 aliphatic carbocycles. The molecule has 0 fully saturated rings. The molecule has 0 unspecified atom stereocenters. The molecule has 12 heteroatoms. The second-order valence-electron chi connectivity index (χ2n) is 3.50. The molecule has 0 saturated heterocycles. The molecule has 3 aromatic heterocycles. The molecule has 3 aromatic rings. The summed E-state index contributed by atoms with van der Waals surface area (Å²) in [6.07, 6.45) is 2.78. The second kappa shape index (κ2) is 5.02. The third kappa shape index (κ3) is 2.40. The first-order valence-electron chi connectivity index (χ1n) is 5.19. The molecule has 0 aromatic carbocycles. The lowest BCUT2D eigenvalue weighted by molar-refractivity contribution is 0.743. The molecule has 3 rings (SSSR count). The van der Waals surface area contributed by atoms with Gasteiger partial charge in [0.2, 0.25) is 10.4 Å². The highest BCUT2D eigenvalue weighted by atomic mass is 35.5. The van der Waals surface area contributed by atoms with E-state index in [1.54, 1.807) is 7.05 Å². The fraction of sp³-hybridized carbons (Fsp3) is 0.125. The molecule has 0 radical (unpaired) electrons. The van der Waals surface area contributed by atoms with Crippen LogP contribution in [0.25, 0.3) is 5.95 Å². The third-order valence-corrected chi connectivity index (χ3v) is 3.30. The van der Waals surface area contributed by atoms with Crippen LogP contribution in [0.3, 0.4) is 0 Å². The number of aromatic nitrogens is 9.